The largest absolute Gasteiger partial charge is 0.316 e. The van der Waals surface area contributed by atoms with Gasteiger partial charge in [0.05, 0.1) is 0 Å². The number of hydrogen-bond donors (Lipinski definition) is 1. The highest BCUT2D eigenvalue weighted by molar-refractivity contribution is 5.81. The highest BCUT2D eigenvalue weighted by Crippen LogP contribution is 2.17. The predicted molar refractivity (Wildman–Crippen MR) is 45.4 cm³/mol. The number of Topliss-reactive ketones (excluding diaryl/α,β-unsaturated/α-hetero) is 1. The zero-order chi connectivity index (χ0) is 8.27. The lowest BCUT2D eigenvalue weighted by Crippen LogP contribution is -2.38. The van der Waals surface area contributed by atoms with Gasteiger partial charge in [-0.15, -0.1) is 0 Å². The van der Waals surface area contributed by atoms with Crippen molar-refractivity contribution >= 4 is 5.78 Å². The van der Waals surface area contributed by atoms with Crippen LogP contribution in [0.15, 0.2) is 0 Å². The van der Waals surface area contributed by atoms with Crippen LogP contribution in [0.2, 0.25) is 0 Å². The molecule has 2 atom stereocenters. The normalized spacial score (nSPS) is 31.8. The van der Waals surface area contributed by atoms with Crippen LogP contribution in [0.5, 0.6) is 0 Å². The molecule has 1 saturated heterocycles. The number of rotatable bonds is 2. The van der Waals surface area contributed by atoms with E-state index in [1.54, 1.807) is 0 Å². The molecule has 1 fully saturated rings. The maximum atomic E-state index is 11.3. The number of ketones is 1. The van der Waals surface area contributed by atoms with Gasteiger partial charge in [-0.25, -0.2) is 0 Å². The molecule has 0 bridgehead atoms. The molecule has 11 heavy (non-hydrogen) atoms. The Morgan fingerprint density at radius 3 is 2.82 bits per heavy atom. The summed E-state index contributed by atoms with van der Waals surface area (Å²) < 4.78 is 0. The van der Waals surface area contributed by atoms with Crippen molar-refractivity contribution in [3.05, 3.63) is 0 Å². The topological polar surface area (TPSA) is 29.1 Å². The van der Waals surface area contributed by atoms with Crippen molar-refractivity contribution in [2.45, 2.75) is 26.7 Å². The van der Waals surface area contributed by atoms with Gasteiger partial charge in [0, 0.05) is 18.9 Å². The van der Waals surface area contributed by atoms with Gasteiger partial charge in [-0.05, 0) is 18.9 Å². The average Bonchev–Trinajstić information content (AvgIpc) is 2.03. The molecule has 0 aromatic carbocycles. The smallest absolute Gasteiger partial charge is 0.136 e. The van der Waals surface area contributed by atoms with E-state index in [1.807, 2.05) is 6.92 Å². The highest BCUT2D eigenvalue weighted by Gasteiger charge is 2.22. The van der Waals surface area contributed by atoms with Gasteiger partial charge in [0.2, 0.25) is 0 Å². The molecule has 0 radical (unpaired) electrons. The van der Waals surface area contributed by atoms with Gasteiger partial charge < -0.3 is 5.32 Å². The lowest BCUT2D eigenvalue weighted by molar-refractivity contribution is -0.123. The number of carbonyl (C=O) groups is 1. The first kappa shape index (κ1) is 8.72. The lowest BCUT2D eigenvalue weighted by Gasteiger charge is -2.26. The summed E-state index contributed by atoms with van der Waals surface area (Å²) >= 11 is 0. The van der Waals surface area contributed by atoms with Crippen molar-refractivity contribution in [1.82, 2.24) is 5.32 Å². The summed E-state index contributed by atoms with van der Waals surface area (Å²) in [6.45, 7) is 6.12. The molecular weight excluding hydrogens is 138 g/mol. The maximum absolute atomic E-state index is 11.3. The van der Waals surface area contributed by atoms with Crippen LogP contribution in [0.3, 0.4) is 0 Å². The molecule has 0 aromatic rings. The van der Waals surface area contributed by atoms with Gasteiger partial charge in [-0.1, -0.05) is 13.8 Å². The minimum Gasteiger partial charge on any atom is -0.316 e. The third-order valence-electron chi connectivity index (χ3n) is 2.37. The molecule has 0 aromatic heterocycles. The van der Waals surface area contributed by atoms with Crippen molar-refractivity contribution in [2.24, 2.45) is 11.8 Å². The molecule has 2 unspecified atom stereocenters. The van der Waals surface area contributed by atoms with Gasteiger partial charge in [0.25, 0.3) is 0 Å². The van der Waals surface area contributed by atoms with Crippen LogP contribution in [0.4, 0.5) is 0 Å². The Bertz CT molecular complexity index is 144. The van der Waals surface area contributed by atoms with Gasteiger partial charge in [-0.2, -0.15) is 0 Å². The van der Waals surface area contributed by atoms with Crippen LogP contribution < -0.4 is 5.32 Å². The van der Waals surface area contributed by atoms with Crippen molar-refractivity contribution in [1.29, 1.82) is 0 Å². The second-order valence-corrected chi connectivity index (χ2v) is 3.52. The summed E-state index contributed by atoms with van der Waals surface area (Å²) in [5.41, 5.74) is 0. The summed E-state index contributed by atoms with van der Waals surface area (Å²) in [5, 5.41) is 3.28. The fraction of sp³-hybridized carbons (Fsp3) is 0.889. The maximum Gasteiger partial charge on any atom is 0.136 e. The second-order valence-electron chi connectivity index (χ2n) is 3.52. The van der Waals surface area contributed by atoms with Crippen LogP contribution in [0, 0.1) is 11.8 Å². The third-order valence-corrected chi connectivity index (χ3v) is 2.37. The fourth-order valence-corrected chi connectivity index (χ4v) is 1.69. The quantitative estimate of drug-likeness (QED) is 0.649. The van der Waals surface area contributed by atoms with E-state index in [-0.39, 0.29) is 0 Å². The van der Waals surface area contributed by atoms with E-state index in [1.165, 1.54) is 0 Å². The first-order valence-electron chi connectivity index (χ1n) is 4.47. The van der Waals surface area contributed by atoms with Crippen molar-refractivity contribution in [3.8, 4) is 0 Å². The molecule has 64 valence electrons. The summed E-state index contributed by atoms with van der Waals surface area (Å²) in [6.07, 6.45) is 1.78. The minimum absolute atomic E-state index is 0.295. The Balaban J connectivity index is 2.39. The van der Waals surface area contributed by atoms with Crippen molar-refractivity contribution in [2.75, 3.05) is 13.1 Å². The summed E-state index contributed by atoms with van der Waals surface area (Å²) in [6, 6.07) is 0. The van der Waals surface area contributed by atoms with Crippen LogP contribution >= 0.6 is 0 Å². The fourth-order valence-electron chi connectivity index (χ4n) is 1.69. The molecule has 1 heterocycles. The van der Waals surface area contributed by atoms with E-state index < -0.39 is 0 Å². The molecule has 1 aliphatic rings. The zero-order valence-corrected chi connectivity index (χ0v) is 7.39. The molecular formula is C9H17NO. The molecule has 0 aliphatic carbocycles. The number of carbonyl (C=O) groups excluding carboxylic acids is 1. The third kappa shape index (κ3) is 2.29. The first-order chi connectivity index (χ1) is 5.24. The van der Waals surface area contributed by atoms with Crippen LogP contribution in [-0.2, 0) is 4.79 Å². The molecule has 0 amide bonds. The van der Waals surface area contributed by atoms with E-state index in [2.05, 4.69) is 12.2 Å². The minimum atomic E-state index is 0.295. The van der Waals surface area contributed by atoms with Gasteiger partial charge in [0.1, 0.15) is 5.78 Å². The molecule has 1 aliphatic heterocycles. The standard InChI is InChI=1S/C9H17NO/c1-3-9(11)8-4-7(2)5-10-6-8/h7-8,10H,3-6H2,1-2H3. The summed E-state index contributed by atoms with van der Waals surface area (Å²) in [7, 11) is 0. The molecule has 0 spiro atoms. The van der Waals surface area contributed by atoms with E-state index in [0.29, 0.717) is 24.0 Å². The number of piperidine rings is 1. The molecule has 0 saturated carbocycles. The van der Waals surface area contributed by atoms with E-state index in [0.717, 1.165) is 19.5 Å². The average molecular weight is 155 g/mol. The van der Waals surface area contributed by atoms with Crippen LogP contribution in [-0.4, -0.2) is 18.9 Å². The SMILES string of the molecule is CCC(=O)C1CNCC(C)C1. The molecule has 2 heteroatoms. The van der Waals surface area contributed by atoms with E-state index >= 15 is 0 Å². The molecule has 1 rings (SSSR count). The summed E-state index contributed by atoms with van der Waals surface area (Å²) in [5.74, 6) is 1.39. The van der Waals surface area contributed by atoms with Crippen molar-refractivity contribution in [3.63, 3.8) is 0 Å². The Morgan fingerprint density at radius 1 is 1.55 bits per heavy atom. The second kappa shape index (κ2) is 3.86. The first-order valence-corrected chi connectivity index (χ1v) is 4.47. The van der Waals surface area contributed by atoms with E-state index in [4.69, 9.17) is 0 Å². The van der Waals surface area contributed by atoms with Crippen molar-refractivity contribution < 1.29 is 4.79 Å². The van der Waals surface area contributed by atoms with E-state index in [9.17, 15) is 4.79 Å². The van der Waals surface area contributed by atoms with Gasteiger partial charge >= 0.3 is 0 Å². The molecule has 1 N–H and O–H groups in total. The van der Waals surface area contributed by atoms with Gasteiger partial charge in [0.15, 0.2) is 0 Å². The predicted octanol–water partition coefficient (Wildman–Crippen LogP) is 1.21. The number of nitrogens with one attached hydrogen (secondary N) is 1. The highest BCUT2D eigenvalue weighted by atomic mass is 16.1. The Kier molecular flexibility index (Phi) is 3.06. The number of hydrogen-bond acceptors (Lipinski definition) is 2. The lowest BCUT2D eigenvalue weighted by atomic mass is 9.88. The monoisotopic (exact) mass is 155 g/mol. The molecule has 2 nitrogen and oxygen atoms in total. The summed E-state index contributed by atoms with van der Waals surface area (Å²) in [4.78, 5) is 11.3. The Morgan fingerprint density at radius 2 is 2.27 bits per heavy atom. The van der Waals surface area contributed by atoms with Crippen LogP contribution in [0.25, 0.3) is 0 Å². The Hall–Kier alpha value is -0.370. The van der Waals surface area contributed by atoms with Crippen LogP contribution in [0.1, 0.15) is 26.7 Å². The van der Waals surface area contributed by atoms with Gasteiger partial charge in [-0.3, -0.25) is 4.79 Å². The Labute approximate surface area is 68.4 Å². The zero-order valence-electron chi connectivity index (χ0n) is 7.39.